The van der Waals surface area contributed by atoms with Gasteiger partial charge in [0.1, 0.15) is 6.29 Å². The van der Waals surface area contributed by atoms with Crippen LogP contribution in [0.15, 0.2) is 11.8 Å². The lowest BCUT2D eigenvalue weighted by atomic mass is 9.77. The lowest BCUT2D eigenvalue weighted by molar-refractivity contribution is -0.111. The Kier molecular flexibility index (Phi) is 2.85. The smallest absolute Gasteiger partial charge is 0.128 e. The minimum Gasteiger partial charge on any atom is -0.374 e. The van der Waals surface area contributed by atoms with Crippen LogP contribution in [-0.4, -0.2) is 24.3 Å². The van der Waals surface area contributed by atoms with Gasteiger partial charge >= 0.3 is 0 Å². The summed E-state index contributed by atoms with van der Waals surface area (Å²) in [6.45, 7) is 6.83. The highest BCUT2D eigenvalue weighted by Gasteiger charge is 2.30. The van der Waals surface area contributed by atoms with Gasteiger partial charge in [-0.3, -0.25) is 0 Å². The standard InChI is InChI=1S/C13H21NO/c1-13(2)6-5-11(10-15)12(9-13)14-7-3-4-8-14/h9-11H,3-8H2,1-2H3. The van der Waals surface area contributed by atoms with Crippen LogP contribution in [-0.2, 0) is 4.79 Å². The van der Waals surface area contributed by atoms with Crippen LogP contribution in [0.2, 0.25) is 0 Å². The molecule has 2 rings (SSSR count). The van der Waals surface area contributed by atoms with Crippen molar-refractivity contribution in [3.05, 3.63) is 11.8 Å². The van der Waals surface area contributed by atoms with Gasteiger partial charge in [0.15, 0.2) is 0 Å². The van der Waals surface area contributed by atoms with Crippen molar-refractivity contribution in [3.63, 3.8) is 0 Å². The molecule has 0 bridgehead atoms. The summed E-state index contributed by atoms with van der Waals surface area (Å²) in [5.41, 5.74) is 1.58. The summed E-state index contributed by atoms with van der Waals surface area (Å²) in [7, 11) is 0. The van der Waals surface area contributed by atoms with E-state index in [1.54, 1.807) is 0 Å². The Balaban J connectivity index is 2.22. The highest BCUT2D eigenvalue weighted by molar-refractivity contribution is 5.59. The molecule has 0 aromatic rings. The molecule has 0 saturated carbocycles. The van der Waals surface area contributed by atoms with E-state index in [1.807, 2.05) is 0 Å². The molecule has 1 aliphatic heterocycles. The topological polar surface area (TPSA) is 20.3 Å². The fourth-order valence-corrected chi connectivity index (χ4v) is 2.69. The molecule has 1 heterocycles. The fourth-order valence-electron chi connectivity index (χ4n) is 2.69. The minimum absolute atomic E-state index is 0.163. The molecule has 1 unspecified atom stereocenters. The van der Waals surface area contributed by atoms with E-state index in [9.17, 15) is 4.79 Å². The van der Waals surface area contributed by atoms with Crippen molar-refractivity contribution in [1.29, 1.82) is 0 Å². The molecule has 0 amide bonds. The molecular formula is C13H21NO. The molecule has 84 valence electrons. The number of hydrogen-bond acceptors (Lipinski definition) is 2. The third kappa shape index (κ3) is 2.24. The highest BCUT2D eigenvalue weighted by atomic mass is 16.1. The van der Waals surface area contributed by atoms with E-state index in [0.29, 0.717) is 0 Å². The number of rotatable bonds is 2. The van der Waals surface area contributed by atoms with E-state index in [0.717, 1.165) is 32.2 Å². The number of carbonyl (C=O) groups excluding carboxylic acids is 1. The zero-order valence-corrected chi connectivity index (χ0v) is 9.83. The summed E-state index contributed by atoms with van der Waals surface area (Å²) in [6.07, 6.45) is 8.19. The van der Waals surface area contributed by atoms with Gasteiger partial charge < -0.3 is 9.69 Å². The van der Waals surface area contributed by atoms with Crippen LogP contribution >= 0.6 is 0 Å². The Morgan fingerprint density at radius 3 is 2.67 bits per heavy atom. The number of carbonyl (C=O) groups is 1. The second-order valence-corrected chi connectivity index (χ2v) is 5.53. The monoisotopic (exact) mass is 207 g/mol. The lowest BCUT2D eigenvalue weighted by Crippen LogP contribution is -2.31. The Bertz CT molecular complexity index is 274. The van der Waals surface area contributed by atoms with E-state index >= 15 is 0 Å². The molecule has 0 N–H and O–H groups in total. The van der Waals surface area contributed by atoms with Crippen LogP contribution in [0, 0.1) is 11.3 Å². The van der Waals surface area contributed by atoms with E-state index in [2.05, 4.69) is 24.8 Å². The number of likely N-dealkylation sites (tertiary alicyclic amines) is 1. The first kappa shape index (κ1) is 10.7. The third-order valence-electron chi connectivity index (χ3n) is 3.65. The Labute approximate surface area is 92.3 Å². The fraction of sp³-hybridized carbons (Fsp3) is 0.769. The van der Waals surface area contributed by atoms with Gasteiger partial charge in [-0.15, -0.1) is 0 Å². The van der Waals surface area contributed by atoms with Crippen LogP contribution in [0.25, 0.3) is 0 Å². The third-order valence-corrected chi connectivity index (χ3v) is 3.65. The summed E-state index contributed by atoms with van der Waals surface area (Å²) in [5, 5.41) is 0. The molecule has 2 aliphatic rings. The highest BCUT2D eigenvalue weighted by Crippen LogP contribution is 2.38. The van der Waals surface area contributed by atoms with Crippen LogP contribution in [0.5, 0.6) is 0 Å². The van der Waals surface area contributed by atoms with E-state index in [4.69, 9.17) is 0 Å². The van der Waals surface area contributed by atoms with Crippen LogP contribution in [0.4, 0.5) is 0 Å². The molecule has 1 fully saturated rings. The normalized spacial score (nSPS) is 30.1. The van der Waals surface area contributed by atoms with Gasteiger partial charge in [-0.05, 0) is 31.1 Å². The summed E-state index contributed by atoms with van der Waals surface area (Å²) < 4.78 is 0. The van der Waals surface area contributed by atoms with Gasteiger partial charge in [-0.2, -0.15) is 0 Å². The molecule has 1 atom stereocenters. The predicted molar refractivity (Wildman–Crippen MR) is 61.5 cm³/mol. The molecule has 0 spiro atoms. The minimum atomic E-state index is 0.163. The zero-order valence-electron chi connectivity index (χ0n) is 9.83. The van der Waals surface area contributed by atoms with Crippen molar-refractivity contribution in [3.8, 4) is 0 Å². The lowest BCUT2D eigenvalue weighted by Gasteiger charge is -2.35. The number of nitrogens with zero attached hydrogens (tertiary/aromatic N) is 1. The van der Waals surface area contributed by atoms with Crippen molar-refractivity contribution in [2.45, 2.75) is 39.5 Å². The van der Waals surface area contributed by atoms with Crippen LogP contribution in [0.3, 0.4) is 0 Å². The van der Waals surface area contributed by atoms with E-state index in [-0.39, 0.29) is 11.3 Å². The van der Waals surface area contributed by atoms with Crippen molar-refractivity contribution < 1.29 is 4.79 Å². The molecule has 15 heavy (non-hydrogen) atoms. The Morgan fingerprint density at radius 2 is 2.07 bits per heavy atom. The van der Waals surface area contributed by atoms with Crippen molar-refractivity contribution in [2.75, 3.05) is 13.1 Å². The van der Waals surface area contributed by atoms with Crippen molar-refractivity contribution in [2.24, 2.45) is 11.3 Å². The van der Waals surface area contributed by atoms with Crippen molar-refractivity contribution in [1.82, 2.24) is 4.90 Å². The second kappa shape index (κ2) is 3.99. The molecule has 0 aromatic heterocycles. The van der Waals surface area contributed by atoms with Gasteiger partial charge in [0.2, 0.25) is 0 Å². The number of hydrogen-bond donors (Lipinski definition) is 0. The Morgan fingerprint density at radius 1 is 1.40 bits per heavy atom. The summed E-state index contributed by atoms with van der Waals surface area (Å²) >= 11 is 0. The largest absolute Gasteiger partial charge is 0.374 e. The van der Waals surface area contributed by atoms with Gasteiger partial charge in [-0.25, -0.2) is 0 Å². The van der Waals surface area contributed by atoms with Crippen LogP contribution in [0.1, 0.15) is 39.5 Å². The zero-order chi connectivity index (χ0) is 10.9. The number of allylic oxidation sites excluding steroid dienone is 2. The van der Waals surface area contributed by atoms with Gasteiger partial charge in [-0.1, -0.05) is 19.9 Å². The molecule has 0 aromatic carbocycles. The summed E-state index contributed by atoms with van der Waals surface area (Å²) in [4.78, 5) is 13.5. The summed E-state index contributed by atoms with van der Waals surface area (Å²) in [6, 6.07) is 0. The SMILES string of the molecule is CC1(C)C=C(N2CCCC2)C(C=O)CC1. The number of aldehydes is 1. The summed E-state index contributed by atoms with van der Waals surface area (Å²) in [5.74, 6) is 0.163. The quantitative estimate of drug-likeness (QED) is 0.649. The van der Waals surface area contributed by atoms with Gasteiger partial charge in [0.05, 0.1) is 5.92 Å². The van der Waals surface area contributed by atoms with Gasteiger partial charge in [0.25, 0.3) is 0 Å². The van der Waals surface area contributed by atoms with Gasteiger partial charge in [0, 0.05) is 18.8 Å². The first-order valence-corrected chi connectivity index (χ1v) is 6.05. The van der Waals surface area contributed by atoms with Crippen molar-refractivity contribution >= 4 is 6.29 Å². The average Bonchev–Trinajstić information content (AvgIpc) is 2.69. The molecule has 1 saturated heterocycles. The maximum Gasteiger partial charge on any atom is 0.128 e. The average molecular weight is 207 g/mol. The molecular weight excluding hydrogens is 186 g/mol. The predicted octanol–water partition coefficient (Wildman–Crippen LogP) is 2.60. The Hall–Kier alpha value is -0.790. The molecule has 0 radical (unpaired) electrons. The first-order valence-electron chi connectivity index (χ1n) is 6.05. The molecule has 2 nitrogen and oxygen atoms in total. The first-order chi connectivity index (χ1) is 7.12. The van der Waals surface area contributed by atoms with Crippen LogP contribution < -0.4 is 0 Å². The molecule has 1 aliphatic carbocycles. The van der Waals surface area contributed by atoms with E-state index < -0.39 is 0 Å². The maximum absolute atomic E-state index is 11.1. The molecule has 2 heteroatoms. The maximum atomic E-state index is 11.1. The second-order valence-electron chi connectivity index (χ2n) is 5.53. The van der Waals surface area contributed by atoms with E-state index in [1.165, 1.54) is 18.5 Å².